The van der Waals surface area contributed by atoms with E-state index in [0.717, 1.165) is 11.0 Å². The molecule has 5 nitrogen and oxygen atoms in total. The van der Waals surface area contributed by atoms with Crippen LogP contribution >= 0.6 is 0 Å². The second kappa shape index (κ2) is 7.04. The minimum Gasteiger partial charge on any atom is -0.447 e. The number of aromatic amines is 1. The number of fused-ring (bicyclic) bond motifs is 1. The standard InChI is InChI=1S/C22H20F3N3O2/c23-17-9-14(1-3-16(17)13-5-7-22(24,25)8-6-13)20-11-30-21(29)28(20)15-2-4-18-19(10-15)27-12-26-18/h1-4,9-10,12-13,20H,5-8,11H2,(H,26,27). The summed E-state index contributed by atoms with van der Waals surface area (Å²) >= 11 is 0. The van der Waals surface area contributed by atoms with Crippen LogP contribution in [-0.2, 0) is 4.74 Å². The molecule has 8 heteroatoms. The van der Waals surface area contributed by atoms with Crippen LogP contribution in [0, 0.1) is 5.82 Å². The number of hydrogen-bond acceptors (Lipinski definition) is 3. The number of nitrogens with one attached hydrogen (secondary N) is 1. The Kier molecular flexibility index (Phi) is 4.45. The van der Waals surface area contributed by atoms with E-state index in [1.807, 2.05) is 0 Å². The number of hydrogen-bond donors (Lipinski definition) is 1. The molecule has 2 heterocycles. The highest BCUT2D eigenvalue weighted by Crippen LogP contribution is 2.42. The van der Waals surface area contributed by atoms with Crippen LogP contribution in [-0.4, -0.2) is 28.6 Å². The number of nitrogens with zero attached hydrogens (tertiary/aromatic N) is 2. The van der Waals surface area contributed by atoms with Gasteiger partial charge in [0.15, 0.2) is 0 Å². The molecule has 1 atom stereocenters. The fourth-order valence-corrected chi connectivity index (χ4v) is 4.46. The number of anilines is 1. The Labute approximate surface area is 170 Å². The molecule has 3 aromatic rings. The zero-order chi connectivity index (χ0) is 20.9. The number of halogens is 3. The van der Waals surface area contributed by atoms with Crippen molar-refractivity contribution in [2.45, 2.75) is 43.6 Å². The number of carbonyl (C=O) groups is 1. The Morgan fingerprint density at radius 2 is 1.93 bits per heavy atom. The van der Waals surface area contributed by atoms with Gasteiger partial charge in [-0.3, -0.25) is 4.90 Å². The minimum atomic E-state index is -2.65. The van der Waals surface area contributed by atoms with Crippen molar-refractivity contribution < 1.29 is 22.7 Å². The molecule has 1 saturated heterocycles. The summed E-state index contributed by atoms with van der Waals surface area (Å²) in [5.41, 5.74) is 3.24. The fourth-order valence-electron chi connectivity index (χ4n) is 4.46. The lowest BCUT2D eigenvalue weighted by atomic mass is 9.81. The topological polar surface area (TPSA) is 58.2 Å². The second-order valence-corrected chi connectivity index (χ2v) is 7.98. The molecule has 156 valence electrons. The van der Waals surface area contributed by atoms with Crippen molar-refractivity contribution in [2.75, 3.05) is 11.5 Å². The molecule has 1 amide bonds. The Balaban J connectivity index is 1.42. The molecule has 1 unspecified atom stereocenters. The highest BCUT2D eigenvalue weighted by atomic mass is 19.3. The molecule has 2 aliphatic rings. The van der Waals surface area contributed by atoms with Crippen LogP contribution < -0.4 is 4.90 Å². The minimum absolute atomic E-state index is 0.105. The summed E-state index contributed by atoms with van der Waals surface area (Å²) in [6.45, 7) is 0.105. The second-order valence-electron chi connectivity index (χ2n) is 7.98. The highest BCUT2D eigenvalue weighted by Gasteiger charge is 2.38. The van der Waals surface area contributed by atoms with E-state index in [0.29, 0.717) is 16.8 Å². The summed E-state index contributed by atoms with van der Waals surface area (Å²) in [7, 11) is 0. The van der Waals surface area contributed by atoms with E-state index in [-0.39, 0.29) is 38.2 Å². The van der Waals surface area contributed by atoms with Gasteiger partial charge in [-0.2, -0.15) is 0 Å². The Bertz CT molecular complexity index is 1100. The summed E-state index contributed by atoms with van der Waals surface area (Å²) < 4.78 is 47.0. The lowest BCUT2D eigenvalue weighted by Crippen LogP contribution is -2.27. The van der Waals surface area contributed by atoms with E-state index in [4.69, 9.17) is 4.74 Å². The van der Waals surface area contributed by atoms with Crippen molar-refractivity contribution >= 4 is 22.8 Å². The predicted octanol–water partition coefficient (Wildman–Crippen LogP) is 5.69. The third kappa shape index (κ3) is 3.30. The number of cyclic esters (lactones) is 1. The maximum atomic E-state index is 14.9. The van der Waals surface area contributed by atoms with E-state index in [2.05, 4.69) is 9.97 Å². The molecule has 2 fully saturated rings. The van der Waals surface area contributed by atoms with Gasteiger partial charge >= 0.3 is 6.09 Å². The van der Waals surface area contributed by atoms with Gasteiger partial charge in [0, 0.05) is 12.8 Å². The van der Waals surface area contributed by atoms with Crippen LogP contribution in [0.2, 0.25) is 0 Å². The van der Waals surface area contributed by atoms with Crippen LogP contribution in [0.15, 0.2) is 42.7 Å². The zero-order valence-corrected chi connectivity index (χ0v) is 16.1. The summed E-state index contributed by atoms with van der Waals surface area (Å²) in [6.07, 6.45) is 1.18. The van der Waals surface area contributed by atoms with Gasteiger partial charge in [0.2, 0.25) is 5.92 Å². The first-order valence-corrected chi connectivity index (χ1v) is 9.98. The van der Waals surface area contributed by atoms with Crippen LogP contribution in [0.1, 0.15) is 48.8 Å². The molecule has 1 saturated carbocycles. The van der Waals surface area contributed by atoms with Crippen LogP contribution in [0.4, 0.5) is 23.7 Å². The van der Waals surface area contributed by atoms with Crippen LogP contribution in [0.5, 0.6) is 0 Å². The lowest BCUT2D eigenvalue weighted by molar-refractivity contribution is -0.0384. The van der Waals surface area contributed by atoms with Crippen molar-refractivity contribution in [3.05, 3.63) is 59.7 Å². The van der Waals surface area contributed by atoms with Gasteiger partial charge in [-0.05, 0) is 54.2 Å². The summed E-state index contributed by atoms with van der Waals surface area (Å²) in [5.74, 6) is -3.28. The number of alkyl halides is 2. The molecular formula is C22H20F3N3O2. The van der Waals surface area contributed by atoms with Gasteiger partial charge in [0.05, 0.1) is 29.1 Å². The number of aromatic nitrogens is 2. The maximum absolute atomic E-state index is 14.9. The number of benzene rings is 2. The van der Waals surface area contributed by atoms with Crippen molar-refractivity contribution in [1.29, 1.82) is 0 Å². The van der Waals surface area contributed by atoms with Crippen molar-refractivity contribution in [3.8, 4) is 0 Å². The van der Waals surface area contributed by atoms with Crippen LogP contribution in [0.25, 0.3) is 11.0 Å². The van der Waals surface area contributed by atoms with Gasteiger partial charge in [-0.15, -0.1) is 0 Å². The van der Waals surface area contributed by atoms with Gasteiger partial charge in [-0.1, -0.05) is 12.1 Å². The number of amides is 1. The predicted molar refractivity (Wildman–Crippen MR) is 105 cm³/mol. The first-order chi connectivity index (χ1) is 14.4. The number of rotatable bonds is 3. The molecule has 2 aromatic carbocycles. The van der Waals surface area contributed by atoms with Crippen molar-refractivity contribution in [1.82, 2.24) is 9.97 Å². The molecule has 1 aromatic heterocycles. The highest BCUT2D eigenvalue weighted by molar-refractivity contribution is 5.93. The number of ether oxygens (including phenoxy) is 1. The van der Waals surface area contributed by atoms with Crippen molar-refractivity contribution in [2.24, 2.45) is 0 Å². The molecule has 0 spiro atoms. The quantitative estimate of drug-likeness (QED) is 0.598. The van der Waals surface area contributed by atoms with E-state index in [1.54, 1.807) is 36.7 Å². The summed E-state index contributed by atoms with van der Waals surface area (Å²) in [6, 6.07) is 9.72. The van der Waals surface area contributed by atoms with Gasteiger partial charge in [0.1, 0.15) is 12.4 Å². The first-order valence-electron chi connectivity index (χ1n) is 9.98. The Morgan fingerprint density at radius 1 is 1.13 bits per heavy atom. The Morgan fingerprint density at radius 3 is 2.70 bits per heavy atom. The Hall–Kier alpha value is -3.03. The average molecular weight is 415 g/mol. The van der Waals surface area contributed by atoms with Gasteiger partial charge in [-0.25, -0.2) is 22.9 Å². The molecule has 5 rings (SSSR count). The summed E-state index contributed by atoms with van der Waals surface area (Å²) in [5, 5.41) is 0. The average Bonchev–Trinajstić information content (AvgIpc) is 3.34. The van der Waals surface area contributed by atoms with E-state index < -0.39 is 23.9 Å². The van der Waals surface area contributed by atoms with Crippen molar-refractivity contribution in [3.63, 3.8) is 0 Å². The number of H-pyrrole nitrogens is 1. The molecule has 30 heavy (non-hydrogen) atoms. The third-order valence-corrected chi connectivity index (χ3v) is 6.12. The maximum Gasteiger partial charge on any atom is 0.415 e. The first kappa shape index (κ1) is 19.0. The molecular weight excluding hydrogens is 395 g/mol. The number of carbonyl (C=O) groups excluding carboxylic acids is 1. The molecule has 1 aliphatic carbocycles. The monoisotopic (exact) mass is 415 g/mol. The van der Waals surface area contributed by atoms with Gasteiger partial charge < -0.3 is 9.72 Å². The molecule has 0 bridgehead atoms. The molecule has 0 radical (unpaired) electrons. The van der Waals surface area contributed by atoms with E-state index >= 15 is 0 Å². The fraction of sp³-hybridized carbons (Fsp3) is 0.364. The lowest BCUT2D eigenvalue weighted by Gasteiger charge is -2.29. The van der Waals surface area contributed by atoms with E-state index in [9.17, 15) is 18.0 Å². The SMILES string of the molecule is O=C1OCC(c2ccc(C3CCC(F)(F)CC3)c(F)c2)N1c1ccc2nc[nH]c2c1. The van der Waals surface area contributed by atoms with Crippen LogP contribution in [0.3, 0.4) is 0 Å². The van der Waals surface area contributed by atoms with Gasteiger partial charge in [0.25, 0.3) is 0 Å². The third-order valence-electron chi connectivity index (χ3n) is 6.12. The zero-order valence-electron chi connectivity index (χ0n) is 16.1. The normalized spacial score (nSPS) is 21.9. The summed E-state index contributed by atoms with van der Waals surface area (Å²) in [4.78, 5) is 21.1. The largest absolute Gasteiger partial charge is 0.447 e. The number of imidazole rings is 1. The van der Waals surface area contributed by atoms with E-state index in [1.165, 1.54) is 11.0 Å². The molecule has 1 N–H and O–H groups in total. The smallest absolute Gasteiger partial charge is 0.415 e. The molecule has 1 aliphatic heterocycles.